The number of anilines is 1. The number of methoxy groups -OCH3 is 3. The number of halogens is 1. The van der Waals surface area contributed by atoms with Gasteiger partial charge in [0.05, 0.1) is 27.0 Å². The second kappa shape index (κ2) is 8.97. The van der Waals surface area contributed by atoms with E-state index in [0.29, 0.717) is 33.5 Å². The van der Waals surface area contributed by atoms with Crippen LogP contribution < -0.4 is 19.5 Å². The molecule has 0 aliphatic rings. The largest absolute Gasteiger partial charge is 0.495 e. The number of rotatable bonds is 6. The van der Waals surface area contributed by atoms with Crippen LogP contribution in [0.4, 0.5) is 5.69 Å². The van der Waals surface area contributed by atoms with Crippen molar-refractivity contribution in [3.8, 4) is 23.3 Å². The molecule has 0 spiro atoms. The van der Waals surface area contributed by atoms with Crippen molar-refractivity contribution in [3.63, 3.8) is 0 Å². The number of hydrogen-bond acceptors (Lipinski definition) is 5. The zero-order chi connectivity index (χ0) is 20.0. The number of carbonyl (C=O) groups excluding carboxylic acids is 1. The number of hydrogen-bond donors (Lipinski definition) is 1. The summed E-state index contributed by atoms with van der Waals surface area (Å²) in [6.45, 7) is 1.81. The first-order valence-corrected chi connectivity index (χ1v) is 8.30. The molecule has 0 atom stereocenters. The molecule has 0 radical (unpaired) electrons. The van der Waals surface area contributed by atoms with Crippen molar-refractivity contribution < 1.29 is 19.0 Å². The monoisotopic (exact) mass is 386 g/mol. The molecule has 0 heterocycles. The van der Waals surface area contributed by atoms with Gasteiger partial charge in [-0.25, -0.2) is 0 Å². The number of aryl methyl sites for hydroxylation is 1. The van der Waals surface area contributed by atoms with Crippen molar-refractivity contribution in [2.45, 2.75) is 6.92 Å². The number of nitrogens with one attached hydrogen (secondary N) is 1. The van der Waals surface area contributed by atoms with Gasteiger partial charge in [-0.3, -0.25) is 4.79 Å². The number of nitrogens with zero attached hydrogens (tertiary/aromatic N) is 1. The van der Waals surface area contributed by atoms with E-state index in [1.807, 2.05) is 13.0 Å². The smallest absolute Gasteiger partial charge is 0.266 e. The molecule has 0 fully saturated rings. The molecule has 2 aromatic carbocycles. The van der Waals surface area contributed by atoms with Gasteiger partial charge in [0.1, 0.15) is 17.4 Å². The van der Waals surface area contributed by atoms with Gasteiger partial charge in [0, 0.05) is 11.1 Å². The summed E-state index contributed by atoms with van der Waals surface area (Å²) in [4.78, 5) is 12.5. The first-order valence-electron chi connectivity index (χ1n) is 7.92. The molecule has 0 saturated carbocycles. The minimum absolute atomic E-state index is 0.0723. The Morgan fingerprint density at radius 2 is 1.74 bits per heavy atom. The van der Waals surface area contributed by atoms with E-state index < -0.39 is 5.91 Å². The lowest BCUT2D eigenvalue weighted by atomic mass is 10.1. The molecule has 2 aromatic rings. The third-order valence-corrected chi connectivity index (χ3v) is 4.22. The van der Waals surface area contributed by atoms with Crippen LogP contribution in [-0.2, 0) is 4.79 Å². The Bertz CT molecular complexity index is 932. The molecule has 1 N–H and O–H groups in total. The van der Waals surface area contributed by atoms with Crippen LogP contribution in [0.2, 0.25) is 5.02 Å². The van der Waals surface area contributed by atoms with Gasteiger partial charge in [0.2, 0.25) is 0 Å². The van der Waals surface area contributed by atoms with Gasteiger partial charge in [-0.05, 0) is 42.3 Å². The summed E-state index contributed by atoms with van der Waals surface area (Å²) in [5.41, 5.74) is 1.75. The van der Waals surface area contributed by atoms with Crippen molar-refractivity contribution >= 4 is 29.3 Å². The topological polar surface area (TPSA) is 80.6 Å². The molecule has 0 aliphatic heterocycles. The number of benzene rings is 2. The van der Waals surface area contributed by atoms with Crippen LogP contribution in [0.15, 0.2) is 35.9 Å². The first-order chi connectivity index (χ1) is 12.9. The molecule has 0 bridgehead atoms. The lowest BCUT2D eigenvalue weighted by molar-refractivity contribution is -0.112. The minimum Gasteiger partial charge on any atom is -0.495 e. The Morgan fingerprint density at radius 1 is 1.07 bits per heavy atom. The van der Waals surface area contributed by atoms with Gasteiger partial charge in [0.15, 0.2) is 11.5 Å². The fourth-order valence-electron chi connectivity index (χ4n) is 2.38. The first kappa shape index (κ1) is 20.1. The lowest BCUT2D eigenvalue weighted by Gasteiger charge is -2.12. The molecular weight excluding hydrogens is 368 g/mol. The number of amides is 1. The summed E-state index contributed by atoms with van der Waals surface area (Å²) in [5.74, 6) is 0.896. The summed E-state index contributed by atoms with van der Waals surface area (Å²) in [5, 5.41) is 12.6. The number of carbonyl (C=O) groups is 1. The Balaban J connectivity index is 2.33. The average molecular weight is 387 g/mol. The van der Waals surface area contributed by atoms with Gasteiger partial charge >= 0.3 is 0 Å². The van der Waals surface area contributed by atoms with Gasteiger partial charge in [-0.15, -0.1) is 0 Å². The van der Waals surface area contributed by atoms with Crippen molar-refractivity contribution in [2.75, 3.05) is 26.6 Å². The molecule has 1 amide bonds. The molecule has 2 rings (SSSR count). The molecule has 7 heteroatoms. The van der Waals surface area contributed by atoms with Gasteiger partial charge in [-0.2, -0.15) is 5.26 Å². The zero-order valence-electron chi connectivity index (χ0n) is 15.4. The summed E-state index contributed by atoms with van der Waals surface area (Å²) in [6, 6.07) is 10.3. The highest BCUT2D eigenvalue weighted by Crippen LogP contribution is 2.32. The minimum atomic E-state index is -0.563. The van der Waals surface area contributed by atoms with Crippen LogP contribution in [0, 0.1) is 18.3 Å². The van der Waals surface area contributed by atoms with E-state index in [0.717, 1.165) is 5.56 Å². The van der Waals surface area contributed by atoms with Crippen molar-refractivity contribution in [1.82, 2.24) is 0 Å². The third kappa shape index (κ3) is 4.72. The molecule has 0 aliphatic carbocycles. The zero-order valence-corrected chi connectivity index (χ0v) is 16.2. The molecule has 140 valence electrons. The summed E-state index contributed by atoms with van der Waals surface area (Å²) < 4.78 is 15.7. The van der Waals surface area contributed by atoms with E-state index in [1.165, 1.54) is 27.4 Å². The van der Waals surface area contributed by atoms with Crippen molar-refractivity contribution in [1.29, 1.82) is 5.26 Å². The van der Waals surface area contributed by atoms with Gasteiger partial charge < -0.3 is 19.5 Å². The molecule has 27 heavy (non-hydrogen) atoms. The SMILES string of the molecule is COc1cc(Cl)c(C)cc1NC(=O)/C(C#N)=C/c1ccc(OC)c(OC)c1. The Labute approximate surface area is 162 Å². The number of nitriles is 1. The van der Waals surface area contributed by atoms with Crippen molar-refractivity contribution in [2.24, 2.45) is 0 Å². The van der Waals surface area contributed by atoms with E-state index in [-0.39, 0.29) is 5.57 Å². The Kier molecular flexibility index (Phi) is 6.69. The average Bonchev–Trinajstić information content (AvgIpc) is 2.68. The second-order valence-electron chi connectivity index (χ2n) is 5.54. The molecule has 6 nitrogen and oxygen atoms in total. The van der Waals surface area contributed by atoms with Crippen LogP contribution in [0.25, 0.3) is 6.08 Å². The lowest BCUT2D eigenvalue weighted by Crippen LogP contribution is -2.14. The van der Waals surface area contributed by atoms with Crippen molar-refractivity contribution in [3.05, 3.63) is 52.1 Å². The van der Waals surface area contributed by atoms with Crippen LogP contribution in [0.1, 0.15) is 11.1 Å². The predicted molar refractivity (Wildman–Crippen MR) is 105 cm³/mol. The maximum atomic E-state index is 12.5. The molecular formula is C20H19ClN2O4. The fourth-order valence-corrected chi connectivity index (χ4v) is 2.53. The molecule has 0 saturated heterocycles. The highest BCUT2D eigenvalue weighted by atomic mass is 35.5. The van der Waals surface area contributed by atoms with Gasteiger partial charge in [0.25, 0.3) is 5.91 Å². The fraction of sp³-hybridized carbons (Fsp3) is 0.200. The maximum absolute atomic E-state index is 12.5. The van der Waals surface area contributed by atoms with Crippen LogP contribution in [0.3, 0.4) is 0 Å². The normalized spacial score (nSPS) is 10.7. The van der Waals surface area contributed by atoms with E-state index in [1.54, 1.807) is 30.3 Å². The number of ether oxygens (including phenoxy) is 3. The second-order valence-corrected chi connectivity index (χ2v) is 5.95. The Morgan fingerprint density at radius 3 is 2.33 bits per heavy atom. The Hall–Kier alpha value is -3.17. The van der Waals surface area contributed by atoms with E-state index >= 15 is 0 Å². The quantitative estimate of drug-likeness (QED) is 0.593. The summed E-state index contributed by atoms with van der Waals surface area (Å²) in [6.07, 6.45) is 1.46. The molecule has 0 aromatic heterocycles. The summed E-state index contributed by atoms with van der Waals surface area (Å²) >= 11 is 6.07. The van der Waals surface area contributed by atoms with Crippen LogP contribution in [-0.4, -0.2) is 27.2 Å². The van der Waals surface area contributed by atoms with E-state index in [9.17, 15) is 10.1 Å². The van der Waals surface area contributed by atoms with E-state index in [4.69, 9.17) is 25.8 Å². The highest BCUT2D eigenvalue weighted by molar-refractivity contribution is 6.31. The van der Waals surface area contributed by atoms with Crippen LogP contribution >= 0.6 is 11.6 Å². The standard InChI is InChI=1S/C20H19ClN2O4/c1-12-7-16(18(26-3)10-15(12)21)23-20(24)14(11-22)8-13-5-6-17(25-2)19(9-13)27-4/h5-10H,1-4H3,(H,23,24)/b14-8+. The maximum Gasteiger partial charge on any atom is 0.266 e. The predicted octanol–water partition coefficient (Wildman–Crippen LogP) is 4.22. The third-order valence-electron chi connectivity index (χ3n) is 3.81. The highest BCUT2D eigenvalue weighted by Gasteiger charge is 2.14. The van der Waals surface area contributed by atoms with E-state index in [2.05, 4.69) is 5.32 Å². The van der Waals surface area contributed by atoms with Gasteiger partial charge in [-0.1, -0.05) is 17.7 Å². The molecule has 0 unspecified atom stereocenters. The van der Waals surface area contributed by atoms with Crippen LogP contribution in [0.5, 0.6) is 17.2 Å². The summed E-state index contributed by atoms with van der Waals surface area (Å²) in [7, 11) is 4.52.